The van der Waals surface area contributed by atoms with E-state index in [4.69, 9.17) is 0 Å². The topological polar surface area (TPSA) is 68.1 Å². The number of anilines is 1. The number of pyridine rings is 1. The number of nitro groups is 1. The molecule has 0 spiro atoms. The molecule has 0 unspecified atom stereocenters. The molecule has 2 rings (SSSR count). The summed E-state index contributed by atoms with van der Waals surface area (Å²) in [6.45, 7) is 0. The maximum atomic E-state index is 10.5. The van der Waals surface area contributed by atoms with Gasteiger partial charge in [-0.25, -0.2) is 4.98 Å². The summed E-state index contributed by atoms with van der Waals surface area (Å²) in [5.74, 6) is 0.384. The molecule has 0 amide bonds. The minimum Gasteiger partial charge on any atom is -0.362 e. The van der Waals surface area contributed by atoms with Crippen molar-refractivity contribution in [2.24, 2.45) is 0 Å². The highest BCUT2D eigenvalue weighted by Gasteiger charge is 2.25. The normalized spacial score (nSPS) is 15.4. The molecule has 1 aromatic heterocycles. The van der Waals surface area contributed by atoms with Gasteiger partial charge in [-0.1, -0.05) is 0 Å². The number of nitrogens with one attached hydrogen (secondary N) is 1. The molecule has 0 bridgehead atoms. The first kappa shape index (κ1) is 7.97. The zero-order chi connectivity index (χ0) is 9.26. The zero-order valence-electron chi connectivity index (χ0n) is 6.93. The predicted octanol–water partition coefficient (Wildman–Crippen LogP) is 1.56. The van der Waals surface area contributed by atoms with Crippen LogP contribution in [0.3, 0.4) is 0 Å². The monoisotopic (exact) mass is 179 g/mol. The molecule has 1 saturated carbocycles. The Morgan fingerprint density at radius 1 is 1.62 bits per heavy atom. The van der Waals surface area contributed by atoms with E-state index in [0.717, 1.165) is 12.8 Å². The fourth-order valence-electron chi connectivity index (χ4n) is 1.08. The van der Waals surface area contributed by atoms with Gasteiger partial charge in [0.1, 0.15) is 0 Å². The van der Waals surface area contributed by atoms with Gasteiger partial charge in [-0.05, 0) is 18.9 Å². The molecular weight excluding hydrogens is 170 g/mol. The molecule has 0 radical (unpaired) electrons. The van der Waals surface area contributed by atoms with Gasteiger partial charge in [0.25, 0.3) is 0 Å². The van der Waals surface area contributed by atoms with Crippen molar-refractivity contribution in [3.63, 3.8) is 0 Å². The van der Waals surface area contributed by atoms with Gasteiger partial charge in [0.05, 0.1) is 4.92 Å². The summed E-state index contributed by atoms with van der Waals surface area (Å²) in [7, 11) is 0. The molecular formula is C8H9N3O2. The minimum atomic E-state index is -0.419. The molecule has 0 saturated heterocycles. The summed E-state index contributed by atoms with van der Waals surface area (Å²) in [5.41, 5.74) is 0.0504. The molecule has 1 aromatic rings. The number of rotatable bonds is 3. The van der Waals surface area contributed by atoms with E-state index in [9.17, 15) is 10.1 Å². The zero-order valence-corrected chi connectivity index (χ0v) is 6.93. The first-order valence-electron chi connectivity index (χ1n) is 4.13. The van der Waals surface area contributed by atoms with Crippen LogP contribution < -0.4 is 5.32 Å². The van der Waals surface area contributed by atoms with E-state index < -0.39 is 4.92 Å². The second kappa shape index (κ2) is 3.01. The van der Waals surface area contributed by atoms with Gasteiger partial charge in [-0.15, -0.1) is 0 Å². The van der Waals surface area contributed by atoms with E-state index >= 15 is 0 Å². The van der Waals surface area contributed by atoms with Crippen LogP contribution in [0.1, 0.15) is 12.8 Å². The summed E-state index contributed by atoms with van der Waals surface area (Å²) >= 11 is 0. The summed E-state index contributed by atoms with van der Waals surface area (Å²) in [5, 5.41) is 13.6. The Morgan fingerprint density at radius 2 is 2.38 bits per heavy atom. The summed E-state index contributed by atoms with van der Waals surface area (Å²) < 4.78 is 0. The van der Waals surface area contributed by atoms with Crippen LogP contribution in [0.4, 0.5) is 11.5 Å². The van der Waals surface area contributed by atoms with E-state index in [2.05, 4.69) is 10.3 Å². The van der Waals surface area contributed by atoms with Crippen LogP contribution in [0.25, 0.3) is 0 Å². The highest BCUT2D eigenvalue weighted by molar-refractivity contribution is 5.56. The van der Waals surface area contributed by atoms with Gasteiger partial charge in [-0.2, -0.15) is 0 Å². The van der Waals surface area contributed by atoms with Crippen molar-refractivity contribution in [2.45, 2.75) is 18.9 Å². The van der Waals surface area contributed by atoms with Crippen LogP contribution in [0.2, 0.25) is 0 Å². The highest BCUT2D eigenvalue weighted by atomic mass is 16.6. The first-order chi connectivity index (χ1) is 6.27. The van der Waals surface area contributed by atoms with E-state index in [-0.39, 0.29) is 5.69 Å². The predicted molar refractivity (Wildman–Crippen MR) is 47.5 cm³/mol. The third-order valence-electron chi connectivity index (χ3n) is 1.90. The van der Waals surface area contributed by atoms with Crippen molar-refractivity contribution in [1.29, 1.82) is 0 Å². The lowest BCUT2D eigenvalue weighted by molar-refractivity contribution is -0.384. The van der Waals surface area contributed by atoms with Gasteiger partial charge in [0, 0.05) is 18.3 Å². The Kier molecular flexibility index (Phi) is 1.84. The van der Waals surface area contributed by atoms with Gasteiger partial charge in [0.2, 0.25) is 5.82 Å². The second-order valence-corrected chi connectivity index (χ2v) is 3.05. The Morgan fingerprint density at radius 3 is 3.00 bits per heavy atom. The van der Waals surface area contributed by atoms with Crippen molar-refractivity contribution in [3.05, 3.63) is 28.4 Å². The van der Waals surface area contributed by atoms with Crippen molar-refractivity contribution in [2.75, 3.05) is 5.32 Å². The van der Waals surface area contributed by atoms with Crippen LogP contribution in [0.15, 0.2) is 18.3 Å². The number of hydrogen-bond acceptors (Lipinski definition) is 4. The van der Waals surface area contributed by atoms with Crippen LogP contribution in [-0.2, 0) is 0 Å². The third kappa shape index (κ3) is 1.74. The van der Waals surface area contributed by atoms with Gasteiger partial charge in [-0.3, -0.25) is 10.1 Å². The summed E-state index contributed by atoms with van der Waals surface area (Å²) in [4.78, 5) is 14.1. The molecule has 5 nitrogen and oxygen atoms in total. The third-order valence-corrected chi connectivity index (χ3v) is 1.90. The Bertz CT molecular complexity index is 336. The lowest BCUT2D eigenvalue weighted by Gasteiger charge is -2.02. The molecule has 0 atom stereocenters. The Labute approximate surface area is 74.9 Å². The highest BCUT2D eigenvalue weighted by Crippen LogP contribution is 2.28. The van der Waals surface area contributed by atoms with Crippen molar-refractivity contribution >= 4 is 11.5 Å². The molecule has 1 aliphatic rings. The average Bonchev–Trinajstić information content (AvgIpc) is 2.89. The Balaban J connectivity index is 2.25. The molecule has 1 fully saturated rings. The maximum Gasteiger partial charge on any atom is 0.311 e. The van der Waals surface area contributed by atoms with E-state index in [1.165, 1.54) is 6.07 Å². The average molecular weight is 179 g/mol. The van der Waals surface area contributed by atoms with Crippen LogP contribution in [0.5, 0.6) is 0 Å². The van der Waals surface area contributed by atoms with Gasteiger partial charge in [0.15, 0.2) is 0 Å². The largest absolute Gasteiger partial charge is 0.362 e. The lowest BCUT2D eigenvalue weighted by Crippen LogP contribution is -2.05. The van der Waals surface area contributed by atoms with Crippen molar-refractivity contribution in [1.82, 2.24) is 4.98 Å². The fourth-order valence-corrected chi connectivity index (χ4v) is 1.08. The minimum absolute atomic E-state index is 0.0504. The van der Waals surface area contributed by atoms with Crippen LogP contribution in [-0.4, -0.2) is 15.9 Å². The molecule has 1 aliphatic carbocycles. The quantitative estimate of drug-likeness (QED) is 0.564. The van der Waals surface area contributed by atoms with Crippen LogP contribution in [0, 0.1) is 10.1 Å². The smallest absolute Gasteiger partial charge is 0.311 e. The van der Waals surface area contributed by atoms with Crippen molar-refractivity contribution < 1.29 is 4.92 Å². The standard InChI is InChI=1S/C8H9N3O2/c12-11(13)7-2-1-5-9-8(7)10-6-3-4-6/h1-2,5-6H,3-4H2,(H,9,10). The fraction of sp³-hybridized carbons (Fsp3) is 0.375. The SMILES string of the molecule is O=[N+]([O-])c1cccnc1NC1CC1. The molecule has 0 aliphatic heterocycles. The molecule has 68 valence electrons. The second-order valence-electron chi connectivity index (χ2n) is 3.05. The molecule has 13 heavy (non-hydrogen) atoms. The summed E-state index contributed by atoms with van der Waals surface area (Å²) in [6, 6.07) is 3.40. The van der Waals surface area contributed by atoms with E-state index in [1.807, 2.05) is 0 Å². The summed E-state index contributed by atoms with van der Waals surface area (Å²) in [6.07, 6.45) is 3.71. The molecule has 1 N–H and O–H groups in total. The van der Waals surface area contributed by atoms with E-state index in [0.29, 0.717) is 11.9 Å². The van der Waals surface area contributed by atoms with Gasteiger partial charge < -0.3 is 5.32 Å². The number of nitrogens with zero attached hydrogens (tertiary/aromatic N) is 2. The van der Waals surface area contributed by atoms with E-state index in [1.54, 1.807) is 12.3 Å². The van der Waals surface area contributed by atoms with Crippen LogP contribution >= 0.6 is 0 Å². The first-order valence-corrected chi connectivity index (χ1v) is 4.13. The number of hydrogen-bond donors (Lipinski definition) is 1. The Hall–Kier alpha value is -1.65. The molecule has 1 heterocycles. The number of aromatic nitrogens is 1. The maximum absolute atomic E-state index is 10.5. The molecule has 0 aromatic carbocycles. The van der Waals surface area contributed by atoms with Crippen molar-refractivity contribution in [3.8, 4) is 0 Å². The molecule has 5 heteroatoms. The lowest BCUT2D eigenvalue weighted by atomic mass is 10.4. The van der Waals surface area contributed by atoms with Gasteiger partial charge >= 0.3 is 5.69 Å².